The maximum atomic E-state index is 12.7. The number of rotatable bonds is 7. The molecule has 0 spiro atoms. The van der Waals surface area contributed by atoms with Crippen LogP contribution in [0.25, 0.3) is 5.57 Å². The molecule has 0 saturated heterocycles. The second kappa shape index (κ2) is 12.0. The van der Waals surface area contributed by atoms with Crippen LogP contribution in [-0.4, -0.2) is 25.7 Å². The Morgan fingerprint density at radius 1 is 1.23 bits per heavy atom. The van der Waals surface area contributed by atoms with Gasteiger partial charge >= 0.3 is 6.18 Å². The largest absolute Gasteiger partial charge is 0.433 e. The van der Waals surface area contributed by atoms with E-state index in [1.165, 1.54) is 0 Å². The van der Waals surface area contributed by atoms with Crippen LogP contribution in [-0.2, 0) is 6.18 Å². The summed E-state index contributed by atoms with van der Waals surface area (Å²) in [5.41, 5.74) is 0.171. The molecule has 2 N–H and O–H groups in total. The molecule has 0 unspecified atom stereocenters. The zero-order valence-electron chi connectivity index (χ0n) is 18.8. The van der Waals surface area contributed by atoms with E-state index >= 15 is 0 Å². The van der Waals surface area contributed by atoms with Crippen molar-refractivity contribution in [1.82, 2.24) is 15.0 Å². The molecule has 2 aromatic rings. The smallest absolute Gasteiger partial charge is 0.390 e. The molecular weight excluding hydrogens is 425 g/mol. The van der Waals surface area contributed by atoms with E-state index in [9.17, 15) is 13.2 Å². The molecule has 9 heteroatoms. The van der Waals surface area contributed by atoms with Crippen LogP contribution < -0.4 is 5.32 Å². The van der Waals surface area contributed by atoms with Crippen molar-refractivity contribution in [2.24, 2.45) is 0 Å². The molecule has 0 fully saturated rings. The molecule has 0 saturated carbocycles. The monoisotopic (exact) mass is 456 g/mol. The van der Waals surface area contributed by atoms with Gasteiger partial charge in [0.25, 0.3) is 0 Å². The summed E-state index contributed by atoms with van der Waals surface area (Å²) >= 11 is 1.55. The van der Waals surface area contributed by atoms with Crippen molar-refractivity contribution in [3.05, 3.63) is 51.9 Å². The Kier molecular flexibility index (Phi) is 10.3. The molecule has 0 radical (unpaired) electrons. The Labute approximate surface area is 186 Å². The van der Waals surface area contributed by atoms with Crippen molar-refractivity contribution in [3.63, 3.8) is 0 Å². The van der Waals surface area contributed by atoms with Gasteiger partial charge < -0.3 is 10.4 Å². The number of alkyl halides is 3. The molecule has 2 heterocycles. The highest BCUT2D eigenvalue weighted by Gasteiger charge is 2.32. The number of hydrogen-bond donors (Lipinski definition) is 2. The number of aromatic nitrogens is 3. The van der Waals surface area contributed by atoms with Crippen LogP contribution in [0, 0.1) is 6.92 Å². The molecule has 0 atom stereocenters. The Morgan fingerprint density at radius 2 is 1.90 bits per heavy atom. The van der Waals surface area contributed by atoms with E-state index in [0.29, 0.717) is 12.1 Å². The summed E-state index contributed by atoms with van der Waals surface area (Å²) in [6, 6.07) is 0.843. The van der Waals surface area contributed by atoms with E-state index < -0.39 is 17.5 Å². The van der Waals surface area contributed by atoms with E-state index in [1.807, 2.05) is 46.8 Å². The van der Waals surface area contributed by atoms with Crippen LogP contribution in [0.15, 0.2) is 36.3 Å². The van der Waals surface area contributed by atoms with Gasteiger partial charge in [0.15, 0.2) is 0 Å². The third-order valence-corrected chi connectivity index (χ3v) is 4.92. The van der Waals surface area contributed by atoms with E-state index in [1.54, 1.807) is 17.5 Å². The van der Waals surface area contributed by atoms with Gasteiger partial charge in [0.2, 0.25) is 5.95 Å². The predicted octanol–water partition coefficient (Wildman–Crippen LogP) is 6.63. The quantitative estimate of drug-likeness (QED) is 0.458. The number of nitrogens with one attached hydrogen (secondary N) is 1. The first-order chi connectivity index (χ1) is 14.4. The minimum absolute atomic E-state index is 0.0888. The molecule has 172 valence electrons. The minimum atomic E-state index is -4.50. The number of allylic oxidation sites excluding steroid dienone is 3. The third kappa shape index (κ3) is 10.5. The summed E-state index contributed by atoms with van der Waals surface area (Å²) in [5.74, 6) is -0.0888. The van der Waals surface area contributed by atoms with Gasteiger partial charge in [0.05, 0.1) is 15.5 Å². The summed E-state index contributed by atoms with van der Waals surface area (Å²) in [6.45, 7) is 11.5. The molecule has 0 amide bonds. The van der Waals surface area contributed by atoms with Crippen LogP contribution in [0.5, 0.6) is 0 Å². The fourth-order valence-corrected chi connectivity index (χ4v) is 3.28. The van der Waals surface area contributed by atoms with Gasteiger partial charge in [-0.25, -0.2) is 15.0 Å². The van der Waals surface area contributed by atoms with Gasteiger partial charge in [0.1, 0.15) is 5.69 Å². The van der Waals surface area contributed by atoms with Crippen molar-refractivity contribution in [3.8, 4) is 0 Å². The van der Waals surface area contributed by atoms with Crippen LogP contribution in [0.2, 0.25) is 0 Å². The van der Waals surface area contributed by atoms with Gasteiger partial charge in [0, 0.05) is 18.1 Å². The van der Waals surface area contributed by atoms with Crippen LogP contribution in [0.3, 0.4) is 0 Å². The Bertz CT molecular complexity index is 883. The highest BCUT2D eigenvalue weighted by atomic mass is 32.1. The number of aryl methyl sites for hydroxylation is 1. The molecule has 2 aromatic heterocycles. The molecular formula is C22H31F3N4OS. The number of thiazole rings is 1. The van der Waals surface area contributed by atoms with Crippen LogP contribution in [0.1, 0.15) is 69.5 Å². The van der Waals surface area contributed by atoms with Crippen molar-refractivity contribution in [1.29, 1.82) is 0 Å². The summed E-state index contributed by atoms with van der Waals surface area (Å²) < 4.78 is 38.2. The number of anilines is 1. The summed E-state index contributed by atoms with van der Waals surface area (Å²) in [7, 11) is 0. The average Bonchev–Trinajstić information content (AvgIpc) is 3.07. The average molecular weight is 457 g/mol. The number of nitrogens with zero attached hydrogens (tertiary/aromatic N) is 3. The molecule has 31 heavy (non-hydrogen) atoms. The van der Waals surface area contributed by atoms with Gasteiger partial charge in [-0.15, -0.1) is 11.3 Å². The summed E-state index contributed by atoms with van der Waals surface area (Å²) in [4.78, 5) is 12.6. The predicted molar refractivity (Wildman–Crippen MR) is 121 cm³/mol. The Hall–Kier alpha value is -2.26. The SMILES string of the molecule is CC/C=C(\C=C(/C)c1cnc(C)s1)Nc1nccc(C(F)(F)F)n1.CCCC(C)(C)O. The minimum Gasteiger partial charge on any atom is -0.390 e. The highest BCUT2D eigenvalue weighted by Crippen LogP contribution is 2.28. The van der Waals surface area contributed by atoms with Crippen LogP contribution in [0.4, 0.5) is 19.1 Å². The van der Waals surface area contributed by atoms with Crippen molar-refractivity contribution >= 4 is 22.9 Å². The third-order valence-electron chi connectivity index (χ3n) is 3.87. The lowest BCUT2D eigenvalue weighted by molar-refractivity contribution is -0.141. The molecule has 0 bridgehead atoms. The van der Waals surface area contributed by atoms with Gasteiger partial charge in [-0.05, 0) is 58.3 Å². The van der Waals surface area contributed by atoms with E-state index in [-0.39, 0.29) is 5.95 Å². The normalized spacial score (nSPS) is 13.0. The molecule has 0 aliphatic rings. The fraction of sp³-hybridized carbons (Fsp3) is 0.500. The maximum Gasteiger partial charge on any atom is 0.433 e. The van der Waals surface area contributed by atoms with Gasteiger partial charge in [-0.2, -0.15) is 13.2 Å². The van der Waals surface area contributed by atoms with E-state index in [2.05, 4.69) is 27.2 Å². The molecule has 0 aromatic carbocycles. The summed E-state index contributed by atoms with van der Waals surface area (Å²) in [5, 5.41) is 12.8. The second-order valence-corrected chi connectivity index (χ2v) is 8.82. The molecule has 5 nitrogen and oxygen atoms in total. The Morgan fingerprint density at radius 3 is 2.35 bits per heavy atom. The standard InChI is InChI=1S/C16H17F3N4S.C6H14O/c1-4-5-12(8-10(2)13-9-21-11(3)24-13)22-15-20-7-6-14(23-15)16(17,18)19;1-4-5-6(2,3)7/h5-9H,4H2,1-3H3,(H,20,22,23);7H,4-5H2,1-3H3/b10-8+,12-5+;. The number of halogens is 3. The lowest BCUT2D eigenvalue weighted by Gasteiger charge is -2.14. The first-order valence-electron chi connectivity index (χ1n) is 10.1. The maximum absolute atomic E-state index is 12.7. The molecule has 0 aliphatic carbocycles. The fourth-order valence-electron chi connectivity index (χ4n) is 2.53. The van der Waals surface area contributed by atoms with Gasteiger partial charge in [-0.1, -0.05) is 26.3 Å². The van der Waals surface area contributed by atoms with Crippen molar-refractivity contribution < 1.29 is 18.3 Å². The first kappa shape index (κ1) is 26.8. The topological polar surface area (TPSA) is 70.9 Å². The Balaban J connectivity index is 0.000000592. The van der Waals surface area contributed by atoms with E-state index in [0.717, 1.165) is 40.6 Å². The van der Waals surface area contributed by atoms with Crippen molar-refractivity contribution in [2.45, 2.75) is 72.6 Å². The lowest BCUT2D eigenvalue weighted by Crippen LogP contribution is -2.16. The van der Waals surface area contributed by atoms with Crippen LogP contribution >= 0.6 is 11.3 Å². The number of hydrogen-bond acceptors (Lipinski definition) is 6. The highest BCUT2D eigenvalue weighted by molar-refractivity contribution is 7.12. The number of aliphatic hydroxyl groups is 1. The van der Waals surface area contributed by atoms with Gasteiger partial charge in [-0.3, -0.25) is 0 Å². The van der Waals surface area contributed by atoms with Crippen molar-refractivity contribution in [2.75, 3.05) is 5.32 Å². The first-order valence-corrected chi connectivity index (χ1v) is 10.9. The zero-order chi connectivity index (χ0) is 23.7. The molecule has 0 aliphatic heterocycles. The van der Waals surface area contributed by atoms with E-state index in [4.69, 9.17) is 5.11 Å². The second-order valence-electron chi connectivity index (χ2n) is 7.59. The molecule has 2 rings (SSSR count). The zero-order valence-corrected chi connectivity index (χ0v) is 19.7. The lowest BCUT2D eigenvalue weighted by atomic mass is 10.0. The summed E-state index contributed by atoms with van der Waals surface area (Å²) in [6.07, 6.45) is 4.74.